The van der Waals surface area contributed by atoms with Gasteiger partial charge in [0.05, 0.1) is 11.3 Å². The Kier molecular flexibility index (Phi) is 3.88. The lowest BCUT2D eigenvalue weighted by atomic mass is 10.1. The van der Waals surface area contributed by atoms with E-state index >= 15 is 0 Å². The van der Waals surface area contributed by atoms with Crippen molar-refractivity contribution in [3.63, 3.8) is 0 Å². The molecule has 0 aliphatic carbocycles. The second-order valence-electron chi connectivity index (χ2n) is 5.08. The first-order valence-corrected chi connectivity index (χ1v) is 6.88. The molecule has 0 unspecified atom stereocenters. The van der Waals surface area contributed by atoms with Gasteiger partial charge < -0.3 is 15.4 Å². The van der Waals surface area contributed by atoms with E-state index in [2.05, 4.69) is 10.6 Å². The third-order valence-corrected chi connectivity index (χ3v) is 3.32. The Hall–Kier alpha value is -3.03. The van der Waals surface area contributed by atoms with Gasteiger partial charge in [-0.2, -0.15) is 13.2 Å². The average Bonchev–Trinajstić information content (AvgIpc) is 2.53. The third kappa shape index (κ3) is 3.32. The highest BCUT2D eigenvalue weighted by atomic mass is 19.4. The van der Waals surface area contributed by atoms with Gasteiger partial charge in [0, 0.05) is 11.3 Å². The van der Waals surface area contributed by atoms with Crippen molar-refractivity contribution in [2.24, 2.45) is 0 Å². The number of alkyl halides is 3. The largest absolute Gasteiger partial charge is 0.482 e. The maximum atomic E-state index is 12.7. The van der Waals surface area contributed by atoms with E-state index in [4.69, 9.17) is 4.74 Å². The van der Waals surface area contributed by atoms with E-state index in [1.807, 2.05) is 0 Å². The summed E-state index contributed by atoms with van der Waals surface area (Å²) in [4.78, 5) is 23.4. The molecule has 2 aromatic rings. The molecular formula is C16H11F3N2O3. The Morgan fingerprint density at radius 2 is 1.96 bits per heavy atom. The summed E-state index contributed by atoms with van der Waals surface area (Å²) in [6.07, 6.45) is -4.49. The van der Waals surface area contributed by atoms with Gasteiger partial charge in [0.15, 0.2) is 6.61 Å². The van der Waals surface area contributed by atoms with E-state index in [1.165, 1.54) is 30.3 Å². The predicted molar refractivity (Wildman–Crippen MR) is 80.0 cm³/mol. The molecule has 0 bridgehead atoms. The van der Waals surface area contributed by atoms with Crippen LogP contribution in [0.1, 0.15) is 15.9 Å². The number of benzene rings is 2. The number of hydrogen-bond donors (Lipinski definition) is 2. The molecule has 0 spiro atoms. The van der Waals surface area contributed by atoms with Crippen LogP contribution < -0.4 is 15.4 Å². The van der Waals surface area contributed by atoms with Crippen LogP contribution >= 0.6 is 0 Å². The third-order valence-electron chi connectivity index (χ3n) is 3.32. The zero-order chi connectivity index (χ0) is 17.3. The Balaban J connectivity index is 1.80. The lowest BCUT2D eigenvalue weighted by molar-refractivity contribution is -0.137. The molecular weight excluding hydrogens is 325 g/mol. The summed E-state index contributed by atoms with van der Waals surface area (Å²) < 4.78 is 43.3. The lowest BCUT2D eigenvalue weighted by Gasteiger charge is -2.18. The van der Waals surface area contributed by atoms with Gasteiger partial charge >= 0.3 is 6.18 Å². The minimum absolute atomic E-state index is 0.0294. The SMILES string of the molecule is O=C1COc2cc(C(=O)Nc3cccc(C(F)(F)F)c3)ccc2N1. The Morgan fingerprint density at radius 1 is 1.17 bits per heavy atom. The van der Waals surface area contributed by atoms with Gasteiger partial charge in [-0.3, -0.25) is 9.59 Å². The zero-order valence-corrected chi connectivity index (χ0v) is 12.1. The molecule has 1 aliphatic rings. The number of rotatable bonds is 2. The topological polar surface area (TPSA) is 67.4 Å². The first-order valence-electron chi connectivity index (χ1n) is 6.88. The second-order valence-corrected chi connectivity index (χ2v) is 5.08. The van der Waals surface area contributed by atoms with Gasteiger partial charge in [-0.15, -0.1) is 0 Å². The van der Waals surface area contributed by atoms with E-state index in [-0.39, 0.29) is 23.8 Å². The maximum Gasteiger partial charge on any atom is 0.416 e. The summed E-state index contributed by atoms with van der Waals surface area (Å²) in [6.45, 7) is -0.161. The monoisotopic (exact) mass is 336 g/mol. The number of carbonyl (C=O) groups excluding carboxylic acids is 2. The summed E-state index contributed by atoms with van der Waals surface area (Å²) in [5.74, 6) is -0.562. The molecule has 1 aliphatic heterocycles. The number of anilines is 2. The van der Waals surface area contributed by atoms with E-state index in [1.54, 1.807) is 0 Å². The van der Waals surface area contributed by atoms with Crippen molar-refractivity contribution in [2.45, 2.75) is 6.18 Å². The average molecular weight is 336 g/mol. The highest BCUT2D eigenvalue weighted by Crippen LogP contribution is 2.31. The molecule has 0 radical (unpaired) electrons. The second kappa shape index (κ2) is 5.88. The molecule has 2 amide bonds. The van der Waals surface area contributed by atoms with Crippen LogP contribution in [0.2, 0.25) is 0 Å². The Bertz CT molecular complexity index is 818. The van der Waals surface area contributed by atoms with Crippen molar-refractivity contribution >= 4 is 23.2 Å². The van der Waals surface area contributed by atoms with Gasteiger partial charge in [-0.05, 0) is 36.4 Å². The number of carbonyl (C=O) groups is 2. The van der Waals surface area contributed by atoms with Crippen LogP contribution in [0.3, 0.4) is 0 Å². The summed E-state index contributed by atoms with van der Waals surface area (Å²) in [7, 11) is 0. The Morgan fingerprint density at radius 3 is 2.71 bits per heavy atom. The molecule has 24 heavy (non-hydrogen) atoms. The summed E-state index contributed by atoms with van der Waals surface area (Å²) in [5, 5.41) is 4.98. The Labute approximate surface area is 134 Å². The standard InChI is InChI=1S/C16H11F3N2O3/c17-16(18,19)10-2-1-3-11(7-10)20-15(23)9-4-5-12-13(6-9)24-8-14(22)21-12/h1-7H,8H2,(H,20,23)(H,21,22). The molecule has 0 fully saturated rings. The van der Waals surface area contributed by atoms with Crippen molar-refractivity contribution in [3.8, 4) is 5.75 Å². The van der Waals surface area contributed by atoms with Crippen LogP contribution in [0.15, 0.2) is 42.5 Å². The van der Waals surface area contributed by atoms with Crippen LogP contribution in [-0.2, 0) is 11.0 Å². The quantitative estimate of drug-likeness (QED) is 0.884. The highest BCUT2D eigenvalue weighted by molar-refractivity contribution is 6.05. The molecule has 1 heterocycles. The van der Waals surface area contributed by atoms with Gasteiger partial charge in [0.1, 0.15) is 5.75 Å². The fourth-order valence-corrected chi connectivity index (χ4v) is 2.19. The van der Waals surface area contributed by atoms with Crippen LogP contribution in [0.25, 0.3) is 0 Å². The molecule has 0 aromatic heterocycles. The van der Waals surface area contributed by atoms with Gasteiger partial charge in [-0.25, -0.2) is 0 Å². The van der Waals surface area contributed by atoms with Crippen LogP contribution in [0, 0.1) is 0 Å². The fourth-order valence-electron chi connectivity index (χ4n) is 2.19. The highest BCUT2D eigenvalue weighted by Gasteiger charge is 2.30. The maximum absolute atomic E-state index is 12.7. The summed E-state index contributed by atoms with van der Waals surface area (Å²) >= 11 is 0. The zero-order valence-electron chi connectivity index (χ0n) is 12.1. The summed E-state index contributed by atoms with van der Waals surface area (Å²) in [5.41, 5.74) is -0.192. The van der Waals surface area contributed by atoms with E-state index in [0.29, 0.717) is 11.4 Å². The number of hydrogen-bond acceptors (Lipinski definition) is 3. The number of ether oxygens (including phenoxy) is 1. The number of amides is 2. The molecule has 0 atom stereocenters. The molecule has 8 heteroatoms. The first-order chi connectivity index (χ1) is 11.3. The minimum atomic E-state index is -4.49. The normalized spacial score (nSPS) is 13.5. The smallest absolute Gasteiger partial charge is 0.416 e. The number of nitrogens with one attached hydrogen (secondary N) is 2. The van der Waals surface area contributed by atoms with Crippen LogP contribution in [0.5, 0.6) is 5.75 Å². The fraction of sp³-hybridized carbons (Fsp3) is 0.125. The van der Waals surface area contributed by atoms with Crippen molar-refractivity contribution in [2.75, 3.05) is 17.2 Å². The summed E-state index contributed by atoms with van der Waals surface area (Å²) in [6, 6.07) is 8.70. The molecule has 2 aromatic carbocycles. The van der Waals surface area contributed by atoms with Crippen LogP contribution in [-0.4, -0.2) is 18.4 Å². The molecule has 3 rings (SSSR count). The van der Waals surface area contributed by atoms with E-state index < -0.39 is 17.6 Å². The molecule has 0 saturated heterocycles. The molecule has 5 nitrogen and oxygen atoms in total. The van der Waals surface area contributed by atoms with Crippen molar-refractivity contribution < 1.29 is 27.5 Å². The van der Waals surface area contributed by atoms with E-state index in [0.717, 1.165) is 12.1 Å². The van der Waals surface area contributed by atoms with Gasteiger partial charge in [-0.1, -0.05) is 6.07 Å². The molecule has 124 valence electrons. The van der Waals surface area contributed by atoms with Gasteiger partial charge in [0.2, 0.25) is 0 Å². The van der Waals surface area contributed by atoms with E-state index in [9.17, 15) is 22.8 Å². The minimum Gasteiger partial charge on any atom is -0.482 e. The molecule has 2 N–H and O–H groups in total. The van der Waals surface area contributed by atoms with Gasteiger partial charge in [0.25, 0.3) is 11.8 Å². The first kappa shape index (κ1) is 15.9. The van der Waals surface area contributed by atoms with Crippen molar-refractivity contribution in [1.29, 1.82) is 0 Å². The van der Waals surface area contributed by atoms with Crippen LogP contribution in [0.4, 0.5) is 24.5 Å². The van der Waals surface area contributed by atoms with Crippen molar-refractivity contribution in [3.05, 3.63) is 53.6 Å². The predicted octanol–water partition coefficient (Wildman–Crippen LogP) is 3.29. The molecule has 0 saturated carbocycles. The van der Waals surface area contributed by atoms with Crippen molar-refractivity contribution in [1.82, 2.24) is 0 Å². The lowest BCUT2D eigenvalue weighted by Crippen LogP contribution is -2.25. The number of fused-ring (bicyclic) bond motifs is 1. The number of halogens is 3.